The first kappa shape index (κ1) is 12.3. The number of benzene rings is 1. The number of pyridine rings is 1. The van der Waals surface area contributed by atoms with Gasteiger partial charge in [-0.25, -0.2) is 9.18 Å². The van der Waals surface area contributed by atoms with E-state index in [0.717, 1.165) is 18.9 Å². The Labute approximate surface area is 143 Å². The van der Waals surface area contributed by atoms with Crippen molar-refractivity contribution >= 4 is 35.0 Å². The molecule has 124 valence electrons. The van der Waals surface area contributed by atoms with Crippen LogP contribution in [0.25, 0.3) is 10.9 Å². The molecule has 4 N–H and O–H groups in total. The smallest absolute Gasteiger partial charge is 0.341 e. The summed E-state index contributed by atoms with van der Waals surface area (Å²) >= 11 is 0. The number of rotatable bonds is 5. The lowest BCUT2D eigenvalue weighted by molar-refractivity contribution is 0.0695. The Balaban J connectivity index is 0.00000261. The van der Waals surface area contributed by atoms with Crippen LogP contribution in [0.3, 0.4) is 0 Å². The van der Waals surface area contributed by atoms with Crippen molar-refractivity contribution in [2.24, 2.45) is 5.73 Å². The van der Waals surface area contributed by atoms with E-state index in [1.54, 1.807) is 4.57 Å². The number of fused-ring (bicyclic) bond motifs is 1. The quantitative estimate of drug-likeness (QED) is 0.769. The standard InChI is InChI=1S/C15H16FN3O3.ClH/c16-11-5-9-13(6-12(11)18-4-3-17)19(8-1-2-8)7-10(14(9)20)15(21)22;/h5-8,18H,1-4,17H2,(H,21,22);1H/i3D2,4D2;. The summed E-state index contributed by atoms with van der Waals surface area (Å²) in [5.41, 5.74) is 3.68. The minimum atomic E-state index is -2.79. The number of hydrogen-bond donors (Lipinski definition) is 3. The molecule has 3 rings (SSSR count). The zero-order valence-electron chi connectivity index (χ0n) is 15.8. The van der Waals surface area contributed by atoms with Crippen molar-refractivity contribution in [3.8, 4) is 0 Å². The number of carboxylic acids is 1. The van der Waals surface area contributed by atoms with Gasteiger partial charge in [-0.3, -0.25) is 4.79 Å². The normalized spacial score (nSPS) is 17.5. The van der Waals surface area contributed by atoms with E-state index in [2.05, 4.69) is 5.32 Å². The van der Waals surface area contributed by atoms with Gasteiger partial charge in [0.05, 0.1) is 13.9 Å². The second-order valence-corrected chi connectivity index (χ2v) is 5.06. The van der Waals surface area contributed by atoms with Crippen molar-refractivity contribution < 1.29 is 19.8 Å². The molecule has 0 saturated heterocycles. The number of anilines is 1. The summed E-state index contributed by atoms with van der Waals surface area (Å²) in [5.74, 6) is -2.44. The molecule has 2 aromatic rings. The number of halogens is 2. The van der Waals surface area contributed by atoms with Crippen LogP contribution in [-0.4, -0.2) is 28.6 Å². The van der Waals surface area contributed by atoms with Gasteiger partial charge in [0.25, 0.3) is 0 Å². The van der Waals surface area contributed by atoms with Gasteiger partial charge >= 0.3 is 5.97 Å². The van der Waals surface area contributed by atoms with Gasteiger partial charge in [0.1, 0.15) is 11.4 Å². The maximum atomic E-state index is 14.4. The van der Waals surface area contributed by atoms with E-state index in [1.165, 1.54) is 12.3 Å². The molecule has 0 bridgehead atoms. The molecule has 0 aliphatic heterocycles. The van der Waals surface area contributed by atoms with Crippen LogP contribution in [0.5, 0.6) is 0 Å². The summed E-state index contributed by atoms with van der Waals surface area (Å²) in [7, 11) is 0. The second-order valence-electron chi connectivity index (χ2n) is 5.06. The molecule has 6 nitrogen and oxygen atoms in total. The Morgan fingerprint density at radius 3 is 2.78 bits per heavy atom. The predicted molar refractivity (Wildman–Crippen MR) is 88.2 cm³/mol. The lowest BCUT2D eigenvalue weighted by Gasteiger charge is -2.14. The molecule has 0 spiro atoms. The molecule has 1 aromatic heterocycles. The van der Waals surface area contributed by atoms with Crippen LogP contribution < -0.4 is 16.5 Å². The van der Waals surface area contributed by atoms with E-state index < -0.39 is 35.8 Å². The Bertz CT molecular complexity index is 973. The van der Waals surface area contributed by atoms with Crippen LogP contribution in [0.15, 0.2) is 23.1 Å². The Hall–Kier alpha value is -2.12. The topological polar surface area (TPSA) is 97.3 Å². The predicted octanol–water partition coefficient (Wildman–Crippen LogP) is 1.97. The zero-order chi connectivity index (χ0) is 19.4. The van der Waals surface area contributed by atoms with Crippen LogP contribution in [0.4, 0.5) is 10.1 Å². The molecule has 1 aromatic carbocycles. The second kappa shape index (κ2) is 6.55. The third kappa shape index (κ3) is 3.16. The maximum Gasteiger partial charge on any atom is 0.341 e. The lowest BCUT2D eigenvalue weighted by Crippen LogP contribution is -2.19. The fourth-order valence-corrected chi connectivity index (χ4v) is 2.38. The molecule has 1 fully saturated rings. The highest BCUT2D eigenvalue weighted by Crippen LogP contribution is 2.37. The molecule has 1 saturated carbocycles. The van der Waals surface area contributed by atoms with E-state index in [9.17, 15) is 19.1 Å². The largest absolute Gasteiger partial charge is 0.477 e. The highest BCUT2D eigenvalue weighted by Gasteiger charge is 2.27. The number of nitrogens with two attached hydrogens (primary N) is 1. The number of aromatic nitrogens is 1. The van der Waals surface area contributed by atoms with Crippen LogP contribution in [0.1, 0.15) is 34.7 Å². The van der Waals surface area contributed by atoms with Crippen molar-refractivity contribution in [1.82, 2.24) is 4.57 Å². The summed E-state index contributed by atoms with van der Waals surface area (Å²) in [6, 6.07) is 1.96. The van der Waals surface area contributed by atoms with Crippen molar-refractivity contribution in [1.29, 1.82) is 0 Å². The number of nitrogens with zero attached hydrogens (tertiary/aromatic N) is 1. The van der Waals surface area contributed by atoms with E-state index >= 15 is 0 Å². The Kier molecular flexibility index (Phi) is 3.51. The lowest BCUT2D eigenvalue weighted by atomic mass is 10.1. The molecule has 8 heteroatoms. The molecule has 1 heterocycles. The zero-order valence-corrected chi connectivity index (χ0v) is 12.6. The van der Waals surface area contributed by atoms with Crippen molar-refractivity contribution in [3.63, 3.8) is 0 Å². The molecule has 1 aliphatic carbocycles. The Morgan fingerprint density at radius 1 is 1.52 bits per heavy atom. The van der Waals surface area contributed by atoms with Crippen molar-refractivity contribution in [2.45, 2.75) is 18.9 Å². The number of carboxylic acid groups (broad SMARTS) is 1. The van der Waals surface area contributed by atoms with E-state index in [0.29, 0.717) is 0 Å². The molecule has 0 radical (unpaired) electrons. The molecule has 23 heavy (non-hydrogen) atoms. The number of nitrogens with one attached hydrogen (secondary N) is 1. The Morgan fingerprint density at radius 2 is 2.22 bits per heavy atom. The first-order valence-electron chi connectivity index (χ1n) is 8.61. The summed E-state index contributed by atoms with van der Waals surface area (Å²) in [6.07, 6.45) is 2.73. The number of aromatic carboxylic acids is 1. The van der Waals surface area contributed by atoms with Crippen molar-refractivity contribution in [3.05, 3.63) is 39.9 Å². The van der Waals surface area contributed by atoms with E-state index in [1.807, 2.05) is 0 Å². The molecule has 0 atom stereocenters. The van der Waals surface area contributed by atoms with Gasteiger partial charge in [0.15, 0.2) is 0 Å². The van der Waals surface area contributed by atoms with Crippen LogP contribution >= 0.6 is 12.4 Å². The van der Waals surface area contributed by atoms with Gasteiger partial charge < -0.3 is 20.7 Å². The van der Waals surface area contributed by atoms with Gasteiger partial charge in [-0.15, -0.1) is 12.4 Å². The SMILES string of the molecule is Cl.[2H]C([2H])(N)C([2H])([2H])Nc1cc2c(cc1F)c(=O)c(C(=O)O)cn2C1CC1. The number of carbonyl (C=O) groups is 1. The van der Waals surface area contributed by atoms with Crippen molar-refractivity contribution in [2.75, 3.05) is 18.3 Å². The summed E-state index contributed by atoms with van der Waals surface area (Å²) in [4.78, 5) is 23.6. The van der Waals surface area contributed by atoms with E-state index in [4.69, 9.17) is 11.2 Å². The summed E-state index contributed by atoms with van der Waals surface area (Å²) in [5, 5.41) is 11.1. The van der Waals surface area contributed by atoms with Gasteiger partial charge in [0, 0.05) is 33.4 Å². The number of hydrogen-bond acceptors (Lipinski definition) is 4. The maximum absolute atomic E-state index is 14.4. The fraction of sp³-hybridized carbons (Fsp3) is 0.333. The molecule has 0 amide bonds. The average molecular weight is 346 g/mol. The third-order valence-electron chi connectivity index (χ3n) is 3.56. The highest BCUT2D eigenvalue weighted by atomic mass is 35.5. The van der Waals surface area contributed by atoms with Crippen LogP contribution in [-0.2, 0) is 0 Å². The van der Waals surface area contributed by atoms with E-state index in [-0.39, 0.29) is 35.0 Å². The third-order valence-corrected chi connectivity index (χ3v) is 3.56. The first-order chi connectivity index (χ1) is 11.9. The molecule has 1 aliphatic rings. The van der Waals surface area contributed by atoms with Gasteiger partial charge in [-0.1, -0.05) is 0 Å². The van der Waals surface area contributed by atoms with Crippen LogP contribution in [0, 0.1) is 5.82 Å². The molecular formula is C15H17ClFN3O3. The first-order valence-corrected chi connectivity index (χ1v) is 6.61. The summed E-state index contributed by atoms with van der Waals surface area (Å²) < 4.78 is 45.9. The fourth-order valence-electron chi connectivity index (χ4n) is 2.38. The molecule has 0 unspecified atom stereocenters. The highest BCUT2D eigenvalue weighted by molar-refractivity contribution is 5.93. The van der Waals surface area contributed by atoms with Gasteiger partial charge in [-0.05, 0) is 25.0 Å². The molecular weight excluding hydrogens is 325 g/mol. The van der Waals surface area contributed by atoms with Gasteiger partial charge in [0.2, 0.25) is 5.43 Å². The van der Waals surface area contributed by atoms with Gasteiger partial charge in [-0.2, -0.15) is 0 Å². The minimum Gasteiger partial charge on any atom is -0.477 e. The minimum absolute atomic E-state index is 0. The monoisotopic (exact) mass is 345 g/mol. The average Bonchev–Trinajstić information content (AvgIpc) is 3.32. The summed E-state index contributed by atoms with van der Waals surface area (Å²) in [6.45, 7) is -5.58. The van der Waals surface area contributed by atoms with Crippen LogP contribution in [0.2, 0.25) is 0 Å².